The number of amides is 2. The standard InChI is InChI=1S/C26H28N4O4/c1-16-21(20-4-2-3-5-23(20)34-16)14-19(24(27)31)13-17-12-18-6-7-22(30-8-10-33-11-9-30)26(32)29-25(18)28-15-17/h2-5,12-13,15,22H,6-11,14H2,1H3,(H2,27,31)(H,28,29,32)/b19-13-. The highest BCUT2D eigenvalue weighted by atomic mass is 16.5. The zero-order chi connectivity index (χ0) is 23.7. The number of aryl methyl sites for hydroxylation is 2. The molecule has 2 amide bonds. The second-order valence-electron chi connectivity index (χ2n) is 8.81. The van der Waals surface area contributed by atoms with Crippen molar-refractivity contribution in [2.45, 2.75) is 32.2 Å². The van der Waals surface area contributed by atoms with Gasteiger partial charge in [-0.25, -0.2) is 4.98 Å². The van der Waals surface area contributed by atoms with Crippen molar-refractivity contribution in [3.63, 3.8) is 0 Å². The van der Waals surface area contributed by atoms with Gasteiger partial charge in [0.15, 0.2) is 0 Å². The Morgan fingerprint density at radius 3 is 2.88 bits per heavy atom. The SMILES string of the molecule is Cc1oc2ccccc2c1C/C(=C/c1cnc2c(c1)CCC(N1CCOCC1)C(=O)N2)C(N)=O. The van der Waals surface area contributed by atoms with Gasteiger partial charge in [0.2, 0.25) is 11.8 Å². The number of primary amides is 1. The number of para-hydroxylation sites is 1. The third kappa shape index (κ3) is 4.47. The molecule has 0 radical (unpaired) electrons. The first-order chi connectivity index (χ1) is 16.5. The third-order valence-electron chi connectivity index (χ3n) is 6.63. The Morgan fingerprint density at radius 2 is 2.09 bits per heavy atom. The molecule has 1 fully saturated rings. The van der Waals surface area contributed by atoms with Crippen molar-refractivity contribution >= 4 is 34.7 Å². The normalized spacial score (nSPS) is 19.5. The van der Waals surface area contributed by atoms with Crippen LogP contribution in [0.4, 0.5) is 5.82 Å². The number of carbonyl (C=O) groups excluding carboxylic acids is 2. The van der Waals surface area contributed by atoms with Gasteiger partial charge in [-0.1, -0.05) is 18.2 Å². The number of hydrogen-bond acceptors (Lipinski definition) is 6. The molecule has 8 heteroatoms. The Morgan fingerprint density at radius 1 is 1.29 bits per heavy atom. The molecule has 1 unspecified atom stereocenters. The van der Waals surface area contributed by atoms with E-state index < -0.39 is 5.91 Å². The maximum atomic E-state index is 12.8. The van der Waals surface area contributed by atoms with Crippen molar-refractivity contribution in [2.75, 3.05) is 31.6 Å². The van der Waals surface area contributed by atoms with Gasteiger partial charge in [-0.3, -0.25) is 14.5 Å². The van der Waals surface area contributed by atoms with E-state index in [1.54, 1.807) is 12.3 Å². The number of aromatic nitrogens is 1. The summed E-state index contributed by atoms with van der Waals surface area (Å²) >= 11 is 0. The first kappa shape index (κ1) is 22.3. The van der Waals surface area contributed by atoms with Crippen molar-refractivity contribution in [3.05, 3.63) is 64.6 Å². The molecule has 2 aliphatic rings. The predicted octanol–water partition coefficient (Wildman–Crippen LogP) is 2.83. The molecular weight excluding hydrogens is 432 g/mol. The van der Waals surface area contributed by atoms with Crippen LogP contribution in [0.2, 0.25) is 0 Å². The monoisotopic (exact) mass is 460 g/mol. The lowest BCUT2D eigenvalue weighted by molar-refractivity contribution is -0.123. The van der Waals surface area contributed by atoms with Crippen LogP contribution in [-0.4, -0.2) is 54.0 Å². The molecule has 3 N–H and O–H groups in total. The molecular formula is C26H28N4O4. The summed E-state index contributed by atoms with van der Waals surface area (Å²) in [6, 6.07) is 9.54. The van der Waals surface area contributed by atoms with E-state index in [4.69, 9.17) is 14.9 Å². The molecule has 0 saturated carbocycles. The Bertz CT molecular complexity index is 1270. The number of nitrogens with one attached hydrogen (secondary N) is 1. The molecule has 0 spiro atoms. The number of pyridine rings is 1. The second-order valence-corrected chi connectivity index (χ2v) is 8.81. The first-order valence-corrected chi connectivity index (χ1v) is 11.6. The lowest BCUT2D eigenvalue weighted by atomic mass is 9.99. The molecule has 0 bridgehead atoms. The van der Waals surface area contributed by atoms with E-state index in [0.29, 0.717) is 43.9 Å². The topological polar surface area (TPSA) is 111 Å². The number of nitrogens with zero attached hydrogens (tertiary/aromatic N) is 2. The van der Waals surface area contributed by atoms with E-state index in [1.807, 2.05) is 37.3 Å². The molecule has 3 aromatic rings. The zero-order valence-corrected chi connectivity index (χ0v) is 19.2. The smallest absolute Gasteiger partial charge is 0.244 e. The summed E-state index contributed by atoms with van der Waals surface area (Å²) < 4.78 is 11.3. The number of fused-ring (bicyclic) bond motifs is 2. The molecule has 5 rings (SSSR count). The quantitative estimate of drug-likeness (QED) is 0.567. The Hall–Kier alpha value is -3.49. The lowest BCUT2D eigenvalue weighted by Gasteiger charge is -2.32. The highest BCUT2D eigenvalue weighted by molar-refractivity contribution is 5.98. The molecule has 1 aromatic carbocycles. The van der Waals surface area contributed by atoms with Crippen LogP contribution in [0.15, 0.2) is 46.5 Å². The number of ether oxygens (including phenoxy) is 1. The number of hydrogen-bond donors (Lipinski definition) is 2. The van der Waals surface area contributed by atoms with Crippen LogP contribution in [0.5, 0.6) is 0 Å². The maximum absolute atomic E-state index is 12.8. The van der Waals surface area contributed by atoms with Gasteiger partial charge in [0, 0.05) is 42.2 Å². The summed E-state index contributed by atoms with van der Waals surface area (Å²) in [6.45, 7) is 4.68. The van der Waals surface area contributed by atoms with Crippen LogP contribution in [0.1, 0.15) is 28.9 Å². The van der Waals surface area contributed by atoms with Gasteiger partial charge in [-0.2, -0.15) is 0 Å². The lowest BCUT2D eigenvalue weighted by Crippen LogP contribution is -2.48. The summed E-state index contributed by atoms with van der Waals surface area (Å²) in [7, 11) is 0. The van der Waals surface area contributed by atoms with Crippen LogP contribution in [-0.2, 0) is 27.2 Å². The van der Waals surface area contributed by atoms with E-state index in [1.165, 1.54) is 0 Å². The summed E-state index contributed by atoms with van der Waals surface area (Å²) in [5.74, 6) is 0.831. The largest absolute Gasteiger partial charge is 0.461 e. The predicted molar refractivity (Wildman–Crippen MR) is 129 cm³/mol. The van der Waals surface area contributed by atoms with Crippen LogP contribution in [0.3, 0.4) is 0 Å². The van der Waals surface area contributed by atoms with Crippen LogP contribution in [0, 0.1) is 6.92 Å². The fourth-order valence-corrected chi connectivity index (χ4v) is 4.81. The van der Waals surface area contributed by atoms with E-state index in [2.05, 4.69) is 15.2 Å². The molecule has 2 aromatic heterocycles. The Kier molecular flexibility index (Phi) is 6.17. The molecule has 1 atom stereocenters. The van der Waals surface area contributed by atoms with E-state index in [0.717, 1.165) is 46.5 Å². The minimum atomic E-state index is -0.486. The van der Waals surface area contributed by atoms with Gasteiger partial charge in [-0.15, -0.1) is 0 Å². The molecule has 1 saturated heterocycles. The summed E-state index contributed by atoms with van der Waals surface area (Å²) in [6.07, 6.45) is 5.23. The molecule has 34 heavy (non-hydrogen) atoms. The van der Waals surface area contributed by atoms with Crippen molar-refractivity contribution in [3.8, 4) is 0 Å². The fraction of sp³-hybridized carbons (Fsp3) is 0.346. The Balaban J connectivity index is 1.40. The van der Waals surface area contributed by atoms with E-state index in [-0.39, 0.29) is 11.9 Å². The average molecular weight is 461 g/mol. The average Bonchev–Trinajstić information content (AvgIpc) is 3.05. The Labute approximate surface area is 197 Å². The molecule has 176 valence electrons. The van der Waals surface area contributed by atoms with Crippen LogP contribution in [0.25, 0.3) is 17.0 Å². The zero-order valence-electron chi connectivity index (χ0n) is 19.2. The number of nitrogens with two attached hydrogens (primary N) is 1. The van der Waals surface area contributed by atoms with Gasteiger partial charge in [0.25, 0.3) is 0 Å². The fourth-order valence-electron chi connectivity index (χ4n) is 4.81. The number of rotatable bonds is 5. The van der Waals surface area contributed by atoms with Crippen LogP contribution >= 0.6 is 0 Å². The van der Waals surface area contributed by atoms with Gasteiger partial charge < -0.3 is 20.2 Å². The third-order valence-corrected chi connectivity index (χ3v) is 6.63. The number of benzene rings is 1. The highest BCUT2D eigenvalue weighted by Crippen LogP contribution is 2.29. The summed E-state index contributed by atoms with van der Waals surface area (Å²) in [5.41, 5.74) is 9.68. The van der Waals surface area contributed by atoms with Gasteiger partial charge in [0.1, 0.15) is 17.2 Å². The molecule has 8 nitrogen and oxygen atoms in total. The highest BCUT2D eigenvalue weighted by Gasteiger charge is 2.30. The summed E-state index contributed by atoms with van der Waals surface area (Å²) in [4.78, 5) is 31.8. The molecule has 0 aliphatic carbocycles. The maximum Gasteiger partial charge on any atom is 0.244 e. The first-order valence-electron chi connectivity index (χ1n) is 11.6. The molecule has 2 aliphatic heterocycles. The van der Waals surface area contributed by atoms with Crippen molar-refractivity contribution in [1.82, 2.24) is 9.88 Å². The second kappa shape index (κ2) is 9.40. The van der Waals surface area contributed by atoms with E-state index >= 15 is 0 Å². The van der Waals surface area contributed by atoms with Gasteiger partial charge in [-0.05, 0) is 49.1 Å². The van der Waals surface area contributed by atoms with E-state index in [9.17, 15) is 9.59 Å². The van der Waals surface area contributed by atoms with Crippen LogP contribution < -0.4 is 11.1 Å². The van der Waals surface area contributed by atoms with Gasteiger partial charge in [0.05, 0.1) is 19.3 Å². The van der Waals surface area contributed by atoms with Crippen molar-refractivity contribution < 1.29 is 18.7 Å². The number of furan rings is 1. The number of anilines is 1. The minimum Gasteiger partial charge on any atom is -0.461 e. The number of morpholine rings is 1. The summed E-state index contributed by atoms with van der Waals surface area (Å²) in [5, 5.41) is 3.96. The minimum absolute atomic E-state index is 0.0309. The molecule has 4 heterocycles. The number of carbonyl (C=O) groups is 2. The van der Waals surface area contributed by atoms with Gasteiger partial charge >= 0.3 is 0 Å². The van der Waals surface area contributed by atoms with Crippen molar-refractivity contribution in [2.24, 2.45) is 5.73 Å². The van der Waals surface area contributed by atoms with Crippen molar-refractivity contribution in [1.29, 1.82) is 0 Å².